The summed E-state index contributed by atoms with van der Waals surface area (Å²) in [7, 11) is -4.12. The highest BCUT2D eigenvalue weighted by Gasteiger charge is 2.12. The molecule has 0 radical (unpaired) electrons. The van der Waals surface area contributed by atoms with Crippen LogP contribution < -0.4 is 14.7 Å². The van der Waals surface area contributed by atoms with Crippen molar-refractivity contribution in [2.45, 2.75) is 0 Å². The van der Waals surface area contributed by atoms with E-state index < -0.39 is 10.3 Å². The highest BCUT2D eigenvalue weighted by atomic mass is 32.2. The van der Waals surface area contributed by atoms with E-state index in [0.29, 0.717) is 17.1 Å². The lowest BCUT2D eigenvalue weighted by Gasteiger charge is -2.10. The Balaban J connectivity index is 1.68. The van der Waals surface area contributed by atoms with Gasteiger partial charge in [0.05, 0.1) is 17.2 Å². The minimum atomic E-state index is -4.12. The van der Waals surface area contributed by atoms with Crippen molar-refractivity contribution in [3.63, 3.8) is 0 Å². The first-order valence-corrected chi connectivity index (χ1v) is 9.69. The van der Waals surface area contributed by atoms with Crippen molar-refractivity contribution < 1.29 is 12.6 Å². The van der Waals surface area contributed by atoms with E-state index in [1.807, 2.05) is 30.3 Å². The van der Waals surface area contributed by atoms with Gasteiger partial charge in [0.25, 0.3) is 0 Å². The first kappa shape index (κ1) is 18.4. The van der Waals surface area contributed by atoms with Crippen LogP contribution >= 0.6 is 0 Å². The SMILES string of the molecule is N#Cc1ncc(Nn2cnc3ccccc32)nc1-c1ccc(OS(N)(=O)=O)cc1. The zero-order valence-corrected chi connectivity index (χ0v) is 15.5. The van der Waals surface area contributed by atoms with Gasteiger partial charge in [-0.3, -0.25) is 5.43 Å². The number of para-hydroxylation sites is 2. The van der Waals surface area contributed by atoms with E-state index in [1.165, 1.54) is 18.3 Å². The van der Waals surface area contributed by atoms with Gasteiger partial charge in [-0.1, -0.05) is 12.1 Å². The van der Waals surface area contributed by atoms with Crippen LogP contribution in [0.4, 0.5) is 5.82 Å². The first-order chi connectivity index (χ1) is 13.9. The normalized spacial score (nSPS) is 11.2. The van der Waals surface area contributed by atoms with Crippen molar-refractivity contribution in [3.05, 3.63) is 66.7 Å². The Morgan fingerprint density at radius 1 is 1.10 bits per heavy atom. The molecule has 0 bridgehead atoms. The number of nitriles is 1. The van der Waals surface area contributed by atoms with Crippen molar-refractivity contribution >= 4 is 27.2 Å². The van der Waals surface area contributed by atoms with Gasteiger partial charge in [0.2, 0.25) is 0 Å². The summed E-state index contributed by atoms with van der Waals surface area (Å²) in [6.45, 7) is 0. The van der Waals surface area contributed by atoms with Crippen LogP contribution in [0, 0.1) is 11.3 Å². The lowest BCUT2D eigenvalue weighted by molar-refractivity contribution is 0.488. The maximum absolute atomic E-state index is 11.0. The Kier molecular flexibility index (Phi) is 4.55. The second-order valence-electron chi connectivity index (χ2n) is 5.88. The summed E-state index contributed by atoms with van der Waals surface area (Å²) in [6.07, 6.45) is 3.05. The number of benzene rings is 2. The zero-order valence-electron chi connectivity index (χ0n) is 14.7. The molecule has 0 amide bonds. The monoisotopic (exact) mass is 407 g/mol. The van der Waals surface area contributed by atoms with Gasteiger partial charge < -0.3 is 4.18 Å². The molecule has 0 aliphatic heterocycles. The van der Waals surface area contributed by atoms with Crippen LogP contribution in [0.5, 0.6) is 5.75 Å². The van der Waals surface area contributed by atoms with Gasteiger partial charge in [-0.2, -0.15) is 18.8 Å². The highest BCUT2D eigenvalue weighted by Crippen LogP contribution is 2.25. The summed E-state index contributed by atoms with van der Waals surface area (Å²) in [5, 5.41) is 14.2. The fourth-order valence-corrected chi connectivity index (χ4v) is 3.08. The first-order valence-electron chi connectivity index (χ1n) is 8.22. The lowest BCUT2D eigenvalue weighted by atomic mass is 10.1. The topological polar surface area (TPSA) is 149 Å². The highest BCUT2D eigenvalue weighted by molar-refractivity contribution is 7.84. The minimum Gasteiger partial charge on any atom is -0.371 e. The predicted molar refractivity (Wildman–Crippen MR) is 105 cm³/mol. The molecule has 2 aromatic heterocycles. The van der Waals surface area contributed by atoms with Gasteiger partial charge >= 0.3 is 10.3 Å². The van der Waals surface area contributed by atoms with Crippen LogP contribution in [-0.2, 0) is 10.3 Å². The van der Waals surface area contributed by atoms with Crippen LogP contribution in [0.15, 0.2) is 61.1 Å². The van der Waals surface area contributed by atoms with Gasteiger partial charge in [-0.25, -0.2) is 19.6 Å². The molecule has 0 fully saturated rings. The number of hydrogen-bond donors (Lipinski definition) is 2. The number of fused-ring (bicyclic) bond motifs is 1. The average molecular weight is 407 g/mol. The third kappa shape index (κ3) is 3.98. The van der Waals surface area contributed by atoms with Crippen molar-refractivity contribution in [1.29, 1.82) is 5.26 Å². The van der Waals surface area contributed by atoms with Gasteiger partial charge in [-0.15, -0.1) is 0 Å². The quantitative estimate of drug-likeness (QED) is 0.509. The fraction of sp³-hybridized carbons (Fsp3) is 0. The minimum absolute atomic E-state index is 0.0434. The Bertz CT molecular complexity index is 1340. The second-order valence-corrected chi connectivity index (χ2v) is 7.03. The molecule has 29 heavy (non-hydrogen) atoms. The molecule has 4 aromatic rings. The van der Waals surface area contributed by atoms with E-state index in [2.05, 4.69) is 24.6 Å². The number of nitrogens with zero attached hydrogens (tertiary/aromatic N) is 5. The summed E-state index contributed by atoms with van der Waals surface area (Å²) in [5.41, 5.74) is 5.74. The molecule has 11 heteroatoms. The van der Waals surface area contributed by atoms with Crippen LogP contribution in [0.1, 0.15) is 5.69 Å². The van der Waals surface area contributed by atoms with Crippen LogP contribution in [0.25, 0.3) is 22.3 Å². The van der Waals surface area contributed by atoms with Gasteiger partial charge in [0.1, 0.15) is 23.8 Å². The number of aromatic nitrogens is 4. The number of nitrogens with one attached hydrogen (secondary N) is 1. The van der Waals surface area contributed by atoms with Crippen molar-refractivity contribution in [2.24, 2.45) is 5.14 Å². The summed E-state index contributed by atoms with van der Waals surface area (Å²) in [6, 6.07) is 15.5. The van der Waals surface area contributed by atoms with Crippen molar-refractivity contribution in [1.82, 2.24) is 19.6 Å². The summed E-state index contributed by atoms with van der Waals surface area (Å²) < 4.78 is 28.3. The molecular weight excluding hydrogens is 394 g/mol. The fourth-order valence-electron chi connectivity index (χ4n) is 2.70. The standard InChI is InChI=1S/C18H13N7O3S/c19-9-15-18(12-5-7-13(8-6-12)28-29(20,26)27)23-17(10-21-15)24-25-11-22-14-3-1-2-4-16(14)25/h1-8,10-11H,(H,23,24)(H2,20,26,27). The number of rotatable bonds is 5. The van der Waals surface area contributed by atoms with E-state index in [9.17, 15) is 13.7 Å². The van der Waals surface area contributed by atoms with Gasteiger partial charge in [0.15, 0.2) is 11.5 Å². The molecule has 0 atom stereocenters. The largest absolute Gasteiger partial charge is 0.380 e. The molecule has 2 heterocycles. The predicted octanol–water partition coefficient (Wildman–Crippen LogP) is 1.82. The Morgan fingerprint density at radius 3 is 2.59 bits per heavy atom. The third-order valence-corrected chi connectivity index (χ3v) is 4.33. The van der Waals surface area contributed by atoms with E-state index in [4.69, 9.17) is 5.14 Å². The van der Waals surface area contributed by atoms with Gasteiger partial charge in [-0.05, 0) is 36.4 Å². The summed E-state index contributed by atoms with van der Waals surface area (Å²) in [4.78, 5) is 12.9. The molecule has 0 aliphatic carbocycles. The van der Waals surface area contributed by atoms with E-state index in [1.54, 1.807) is 23.1 Å². The van der Waals surface area contributed by atoms with Crippen molar-refractivity contribution in [3.8, 4) is 23.1 Å². The molecule has 144 valence electrons. The van der Waals surface area contributed by atoms with Gasteiger partial charge in [0, 0.05) is 5.56 Å². The maximum atomic E-state index is 11.0. The summed E-state index contributed by atoms with van der Waals surface area (Å²) >= 11 is 0. The number of anilines is 1. The smallest absolute Gasteiger partial charge is 0.371 e. The average Bonchev–Trinajstić information content (AvgIpc) is 3.10. The molecule has 0 aliphatic rings. The van der Waals surface area contributed by atoms with Crippen LogP contribution in [0.3, 0.4) is 0 Å². The molecule has 2 aromatic carbocycles. The molecule has 0 spiro atoms. The zero-order chi connectivity index (χ0) is 20.4. The Hall–Kier alpha value is -4.01. The van der Waals surface area contributed by atoms with E-state index in [-0.39, 0.29) is 11.4 Å². The molecule has 0 saturated carbocycles. The molecule has 0 unspecified atom stereocenters. The van der Waals surface area contributed by atoms with Crippen molar-refractivity contribution in [2.75, 3.05) is 5.43 Å². The number of nitrogens with two attached hydrogens (primary N) is 1. The maximum Gasteiger partial charge on any atom is 0.380 e. The molecular formula is C18H13N7O3S. The Morgan fingerprint density at radius 2 is 1.86 bits per heavy atom. The molecule has 0 saturated heterocycles. The Labute approximate surface area is 165 Å². The lowest BCUT2D eigenvalue weighted by Crippen LogP contribution is -2.18. The van der Waals surface area contributed by atoms with E-state index in [0.717, 1.165) is 11.0 Å². The molecule has 10 nitrogen and oxygen atoms in total. The molecule has 3 N–H and O–H groups in total. The van der Waals surface area contributed by atoms with E-state index >= 15 is 0 Å². The summed E-state index contributed by atoms with van der Waals surface area (Å²) in [5.74, 6) is 0.439. The van der Waals surface area contributed by atoms with Crippen LogP contribution in [-0.4, -0.2) is 28.0 Å². The second kappa shape index (κ2) is 7.19. The third-order valence-electron chi connectivity index (χ3n) is 3.91. The van der Waals surface area contributed by atoms with Crippen LogP contribution in [0.2, 0.25) is 0 Å². The number of hydrogen-bond acceptors (Lipinski definition) is 8. The number of imidazole rings is 1. The molecule has 4 rings (SSSR count).